The predicted molar refractivity (Wildman–Crippen MR) is 71.9 cm³/mol. The Bertz CT molecular complexity index is 428. The summed E-state index contributed by atoms with van der Waals surface area (Å²) in [7, 11) is 0. The van der Waals surface area contributed by atoms with Gasteiger partial charge in [0.2, 0.25) is 0 Å². The fourth-order valence-electron chi connectivity index (χ4n) is 3.97. The van der Waals surface area contributed by atoms with Gasteiger partial charge in [-0.25, -0.2) is 4.39 Å². The normalized spacial score (nSPS) is 31.8. The SMILES string of the molecule is NC(CC1CC2CCC1C2)c1c(F)cccc1Cl. The van der Waals surface area contributed by atoms with Crippen molar-refractivity contribution in [1.82, 2.24) is 0 Å². The zero-order valence-electron chi connectivity index (χ0n) is 10.4. The molecule has 18 heavy (non-hydrogen) atoms. The Morgan fingerprint density at radius 1 is 1.33 bits per heavy atom. The van der Waals surface area contributed by atoms with Gasteiger partial charge in [-0.1, -0.05) is 24.1 Å². The van der Waals surface area contributed by atoms with Crippen LogP contribution in [0.2, 0.25) is 5.02 Å². The third kappa shape index (κ3) is 2.17. The largest absolute Gasteiger partial charge is 0.324 e. The molecule has 0 aliphatic heterocycles. The number of fused-ring (bicyclic) bond motifs is 2. The van der Waals surface area contributed by atoms with Crippen molar-refractivity contribution in [2.24, 2.45) is 23.5 Å². The number of halogens is 2. The number of rotatable bonds is 3. The molecule has 2 N–H and O–H groups in total. The van der Waals surface area contributed by atoms with Crippen molar-refractivity contribution in [3.63, 3.8) is 0 Å². The molecule has 98 valence electrons. The molecule has 3 rings (SSSR count). The maximum atomic E-state index is 13.8. The second kappa shape index (κ2) is 4.82. The van der Waals surface area contributed by atoms with Crippen LogP contribution in [0.1, 0.15) is 43.7 Å². The van der Waals surface area contributed by atoms with E-state index in [-0.39, 0.29) is 11.9 Å². The van der Waals surface area contributed by atoms with E-state index < -0.39 is 0 Å². The van der Waals surface area contributed by atoms with Crippen LogP contribution in [0.3, 0.4) is 0 Å². The Kier molecular flexibility index (Phi) is 3.33. The van der Waals surface area contributed by atoms with Crippen LogP contribution >= 0.6 is 11.6 Å². The molecule has 4 unspecified atom stereocenters. The molecule has 2 saturated carbocycles. The van der Waals surface area contributed by atoms with Crippen molar-refractivity contribution in [3.8, 4) is 0 Å². The van der Waals surface area contributed by atoms with Gasteiger partial charge in [0.15, 0.2) is 0 Å². The first kappa shape index (κ1) is 12.4. The smallest absolute Gasteiger partial charge is 0.129 e. The maximum absolute atomic E-state index is 13.8. The van der Waals surface area contributed by atoms with Crippen molar-refractivity contribution in [2.75, 3.05) is 0 Å². The molecule has 1 nitrogen and oxygen atoms in total. The van der Waals surface area contributed by atoms with E-state index in [1.807, 2.05) is 0 Å². The van der Waals surface area contributed by atoms with Gasteiger partial charge in [-0.2, -0.15) is 0 Å². The molecule has 0 radical (unpaired) electrons. The summed E-state index contributed by atoms with van der Waals surface area (Å²) in [4.78, 5) is 0. The van der Waals surface area contributed by atoms with Crippen LogP contribution in [-0.4, -0.2) is 0 Å². The summed E-state index contributed by atoms with van der Waals surface area (Å²) in [6, 6.07) is 4.54. The zero-order chi connectivity index (χ0) is 12.7. The molecule has 3 heteroatoms. The van der Waals surface area contributed by atoms with E-state index in [1.165, 1.54) is 31.7 Å². The van der Waals surface area contributed by atoms with Crippen molar-refractivity contribution in [3.05, 3.63) is 34.6 Å². The Hall–Kier alpha value is -0.600. The minimum Gasteiger partial charge on any atom is -0.324 e. The van der Waals surface area contributed by atoms with Gasteiger partial charge in [-0.3, -0.25) is 0 Å². The molecular weight excluding hydrogens is 249 g/mol. The van der Waals surface area contributed by atoms with Crippen LogP contribution in [0.15, 0.2) is 18.2 Å². The molecule has 2 bridgehead atoms. The first-order valence-corrected chi connectivity index (χ1v) is 7.22. The minimum absolute atomic E-state index is 0.261. The lowest BCUT2D eigenvalue weighted by Crippen LogP contribution is -2.20. The molecule has 1 aromatic carbocycles. The van der Waals surface area contributed by atoms with Crippen LogP contribution in [0.5, 0.6) is 0 Å². The highest BCUT2D eigenvalue weighted by atomic mass is 35.5. The molecule has 4 atom stereocenters. The van der Waals surface area contributed by atoms with Crippen LogP contribution in [0, 0.1) is 23.6 Å². The summed E-state index contributed by atoms with van der Waals surface area (Å²) in [5.41, 5.74) is 6.69. The highest BCUT2D eigenvalue weighted by molar-refractivity contribution is 6.31. The van der Waals surface area contributed by atoms with Gasteiger partial charge in [0.05, 0.1) is 0 Å². The number of nitrogens with two attached hydrogens (primary N) is 1. The second-order valence-electron chi connectivity index (χ2n) is 5.91. The molecular formula is C15H19ClFN. The van der Waals surface area contributed by atoms with E-state index in [1.54, 1.807) is 12.1 Å². The van der Waals surface area contributed by atoms with Crippen LogP contribution < -0.4 is 5.73 Å². The van der Waals surface area contributed by atoms with Crippen LogP contribution in [0.4, 0.5) is 4.39 Å². The zero-order valence-corrected chi connectivity index (χ0v) is 11.2. The van der Waals surface area contributed by atoms with E-state index in [9.17, 15) is 4.39 Å². The van der Waals surface area contributed by atoms with Gasteiger partial charge in [0, 0.05) is 16.6 Å². The summed E-state index contributed by atoms with van der Waals surface area (Å²) in [6.45, 7) is 0. The summed E-state index contributed by atoms with van der Waals surface area (Å²) >= 11 is 6.07. The van der Waals surface area contributed by atoms with Crippen LogP contribution in [0.25, 0.3) is 0 Å². The fourth-order valence-corrected chi connectivity index (χ4v) is 4.28. The topological polar surface area (TPSA) is 26.0 Å². The summed E-state index contributed by atoms with van der Waals surface area (Å²) < 4.78 is 13.8. The van der Waals surface area contributed by atoms with Crippen LogP contribution in [-0.2, 0) is 0 Å². The summed E-state index contributed by atoms with van der Waals surface area (Å²) in [5, 5.41) is 0.464. The van der Waals surface area contributed by atoms with Crippen molar-refractivity contribution in [1.29, 1.82) is 0 Å². The quantitative estimate of drug-likeness (QED) is 0.868. The predicted octanol–water partition coefficient (Wildman–Crippen LogP) is 4.31. The Morgan fingerprint density at radius 2 is 2.17 bits per heavy atom. The lowest BCUT2D eigenvalue weighted by molar-refractivity contribution is 0.294. The number of hydrogen-bond acceptors (Lipinski definition) is 1. The standard InChI is InChI=1S/C15H19ClFN/c16-12-2-1-3-13(17)15(12)14(18)8-11-7-9-4-5-10(11)6-9/h1-3,9-11,14H,4-8,18H2. The minimum atomic E-state index is -0.266. The highest BCUT2D eigenvalue weighted by Gasteiger charge is 2.40. The lowest BCUT2D eigenvalue weighted by Gasteiger charge is -2.25. The van der Waals surface area contributed by atoms with Gasteiger partial charge in [0.1, 0.15) is 5.82 Å². The first-order chi connectivity index (χ1) is 8.65. The van der Waals surface area contributed by atoms with Crippen molar-refractivity contribution >= 4 is 11.6 Å². The van der Waals surface area contributed by atoms with E-state index >= 15 is 0 Å². The Balaban J connectivity index is 1.73. The number of benzene rings is 1. The molecule has 0 amide bonds. The van der Waals surface area contributed by atoms with E-state index in [4.69, 9.17) is 17.3 Å². The fraction of sp³-hybridized carbons (Fsp3) is 0.600. The van der Waals surface area contributed by atoms with Gasteiger partial charge in [0.25, 0.3) is 0 Å². The monoisotopic (exact) mass is 267 g/mol. The summed E-state index contributed by atoms with van der Waals surface area (Å²) in [6.07, 6.45) is 6.25. The molecule has 0 spiro atoms. The Morgan fingerprint density at radius 3 is 2.78 bits per heavy atom. The van der Waals surface area contributed by atoms with E-state index in [2.05, 4.69) is 0 Å². The number of hydrogen-bond donors (Lipinski definition) is 1. The molecule has 2 fully saturated rings. The third-order valence-corrected chi connectivity index (χ3v) is 5.14. The molecule has 0 heterocycles. The van der Waals surface area contributed by atoms with E-state index in [0.717, 1.165) is 18.3 Å². The van der Waals surface area contributed by atoms with Crippen molar-refractivity contribution < 1.29 is 4.39 Å². The van der Waals surface area contributed by atoms with Crippen molar-refractivity contribution in [2.45, 2.75) is 38.1 Å². The van der Waals surface area contributed by atoms with Gasteiger partial charge < -0.3 is 5.73 Å². The molecule has 0 aromatic heterocycles. The lowest BCUT2D eigenvalue weighted by atomic mass is 9.83. The van der Waals surface area contributed by atoms with Gasteiger partial charge in [-0.05, 0) is 55.6 Å². The third-order valence-electron chi connectivity index (χ3n) is 4.81. The molecule has 1 aromatic rings. The maximum Gasteiger partial charge on any atom is 0.129 e. The first-order valence-electron chi connectivity index (χ1n) is 6.84. The Labute approximate surface area is 113 Å². The molecule has 2 aliphatic rings. The average molecular weight is 268 g/mol. The highest BCUT2D eigenvalue weighted by Crippen LogP contribution is 2.51. The molecule has 2 aliphatic carbocycles. The van der Waals surface area contributed by atoms with E-state index in [0.29, 0.717) is 16.5 Å². The second-order valence-corrected chi connectivity index (χ2v) is 6.32. The average Bonchev–Trinajstić information content (AvgIpc) is 2.90. The molecule has 0 saturated heterocycles. The van der Waals surface area contributed by atoms with Gasteiger partial charge >= 0.3 is 0 Å². The van der Waals surface area contributed by atoms with Gasteiger partial charge in [-0.15, -0.1) is 0 Å². The summed E-state index contributed by atoms with van der Waals surface area (Å²) in [5.74, 6) is 2.14.